The summed E-state index contributed by atoms with van der Waals surface area (Å²) in [6.07, 6.45) is 1.39. The van der Waals surface area contributed by atoms with E-state index in [0.717, 1.165) is 23.3 Å². The van der Waals surface area contributed by atoms with Gasteiger partial charge < -0.3 is 24.2 Å². The number of carbonyl (C=O) groups excluding carboxylic acids is 2. The van der Waals surface area contributed by atoms with Crippen LogP contribution in [-0.4, -0.2) is 42.0 Å². The lowest BCUT2D eigenvalue weighted by Crippen LogP contribution is -2.30. The van der Waals surface area contributed by atoms with Crippen LogP contribution in [0.15, 0.2) is 72.3 Å². The molecule has 2 heterocycles. The first kappa shape index (κ1) is 24.4. The van der Waals surface area contributed by atoms with Crippen LogP contribution < -0.4 is 14.2 Å². The Bertz CT molecular complexity index is 1360. The Kier molecular flexibility index (Phi) is 6.86. The second-order valence-electron chi connectivity index (χ2n) is 9.10. The van der Waals surface area contributed by atoms with Crippen molar-refractivity contribution in [3.63, 3.8) is 0 Å². The molecule has 1 fully saturated rings. The van der Waals surface area contributed by atoms with E-state index in [-0.39, 0.29) is 11.3 Å². The van der Waals surface area contributed by atoms with Crippen molar-refractivity contribution in [2.45, 2.75) is 32.4 Å². The molecule has 1 saturated heterocycles. The molecular weight excluding hydrogens is 470 g/mol. The smallest absolute Gasteiger partial charge is 0.295 e. The minimum absolute atomic E-state index is 0.0662. The minimum Gasteiger partial charge on any atom is -0.507 e. The van der Waals surface area contributed by atoms with Crippen LogP contribution in [0.25, 0.3) is 5.76 Å². The number of ether oxygens (including phenoxy) is 3. The Morgan fingerprint density at radius 1 is 1.05 bits per heavy atom. The van der Waals surface area contributed by atoms with E-state index in [1.165, 1.54) is 4.90 Å². The summed E-state index contributed by atoms with van der Waals surface area (Å²) in [5.74, 6) is 0.274. The van der Waals surface area contributed by atoms with Gasteiger partial charge in [-0.25, -0.2) is 0 Å². The number of amides is 1. The Morgan fingerprint density at radius 3 is 2.62 bits per heavy atom. The van der Waals surface area contributed by atoms with Gasteiger partial charge in [-0.1, -0.05) is 43.3 Å². The predicted molar refractivity (Wildman–Crippen MR) is 139 cm³/mol. The number of carbonyl (C=O) groups is 2. The van der Waals surface area contributed by atoms with Gasteiger partial charge >= 0.3 is 0 Å². The van der Waals surface area contributed by atoms with Crippen LogP contribution in [-0.2, 0) is 22.6 Å². The van der Waals surface area contributed by atoms with E-state index in [1.54, 1.807) is 37.4 Å². The average molecular weight is 500 g/mol. The third-order valence-corrected chi connectivity index (χ3v) is 6.71. The molecular formula is C30H29NO6. The van der Waals surface area contributed by atoms with Gasteiger partial charge in [0, 0.05) is 18.5 Å². The number of aliphatic hydroxyl groups is 1. The lowest BCUT2D eigenvalue weighted by atomic mass is 9.94. The molecule has 0 aromatic heterocycles. The number of aliphatic hydroxyl groups excluding tert-OH is 1. The molecule has 7 heteroatoms. The minimum atomic E-state index is -0.755. The third-order valence-electron chi connectivity index (χ3n) is 6.71. The maximum Gasteiger partial charge on any atom is 0.295 e. The lowest BCUT2D eigenvalue weighted by molar-refractivity contribution is -0.139. The van der Waals surface area contributed by atoms with Gasteiger partial charge in [0.15, 0.2) is 11.5 Å². The fraction of sp³-hybridized carbons (Fsp3) is 0.267. The highest BCUT2D eigenvalue weighted by molar-refractivity contribution is 6.46. The van der Waals surface area contributed by atoms with Gasteiger partial charge in [0.1, 0.15) is 18.1 Å². The fourth-order valence-corrected chi connectivity index (χ4v) is 4.90. The summed E-state index contributed by atoms with van der Waals surface area (Å²) in [4.78, 5) is 27.9. The van der Waals surface area contributed by atoms with E-state index in [0.29, 0.717) is 48.8 Å². The fourth-order valence-electron chi connectivity index (χ4n) is 4.90. The van der Waals surface area contributed by atoms with Crippen molar-refractivity contribution in [1.82, 2.24) is 4.90 Å². The van der Waals surface area contributed by atoms with Gasteiger partial charge in [-0.2, -0.15) is 0 Å². The predicted octanol–water partition coefficient (Wildman–Crippen LogP) is 5.04. The maximum atomic E-state index is 13.3. The number of rotatable bonds is 8. The monoisotopic (exact) mass is 499 g/mol. The quantitative estimate of drug-likeness (QED) is 0.266. The van der Waals surface area contributed by atoms with Crippen molar-refractivity contribution >= 4 is 17.4 Å². The van der Waals surface area contributed by atoms with E-state index in [2.05, 4.69) is 0 Å². The van der Waals surface area contributed by atoms with Crippen LogP contribution in [0.5, 0.6) is 17.2 Å². The standard InChI is InChI=1S/C30H29NO6/c1-3-14-31-27(21-9-12-24(35-2)25(17-21)37-18-19-7-5-4-6-8-19)26(29(33)30(31)34)28(32)22-10-11-23-20(16-22)13-15-36-23/h4-12,16-17,27,32H,3,13-15,18H2,1-2H3/b28-26+. The molecule has 0 saturated carbocycles. The normalized spacial score (nSPS) is 18.0. The second kappa shape index (κ2) is 10.4. The van der Waals surface area contributed by atoms with E-state index in [9.17, 15) is 14.7 Å². The Labute approximate surface area is 215 Å². The van der Waals surface area contributed by atoms with Crippen molar-refractivity contribution in [3.8, 4) is 17.2 Å². The summed E-state index contributed by atoms with van der Waals surface area (Å²) in [5.41, 5.74) is 3.16. The zero-order chi connectivity index (χ0) is 25.9. The van der Waals surface area contributed by atoms with Gasteiger partial charge in [0.05, 0.1) is 25.3 Å². The zero-order valence-corrected chi connectivity index (χ0v) is 20.9. The highest BCUT2D eigenvalue weighted by Gasteiger charge is 2.46. The second-order valence-corrected chi connectivity index (χ2v) is 9.10. The van der Waals surface area contributed by atoms with Crippen molar-refractivity contribution in [2.75, 3.05) is 20.3 Å². The molecule has 0 bridgehead atoms. The number of hydrogen-bond donors (Lipinski definition) is 1. The summed E-state index contributed by atoms with van der Waals surface area (Å²) >= 11 is 0. The van der Waals surface area contributed by atoms with Crippen LogP contribution >= 0.6 is 0 Å². The number of benzene rings is 3. The van der Waals surface area contributed by atoms with Gasteiger partial charge in [-0.15, -0.1) is 0 Å². The molecule has 0 spiro atoms. The summed E-state index contributed by atoms with van der Waals surface area (Å²) in [5, 5.41) is 11.4. The molecule has 1 amide bonds. The number of methoxy groups -OCH3 is 1. The third kappa shape index (κ3) is 4.65. The molecule has 2 aliphatic heterocycles. The van der Waals surface area contributed by atoms with Crippen molar-refractivity contribution in [2.24, 2.45) is 0 Å². The summed E-state index contributed by atoms with van der Waals surface area (Å²) in [6, 6.07) is 19.7. The molecule has 1 unspecified atom stereocenters. The van der Waals surface area contributed by atoms with E-state index in [4.69, 9.17) is 14.2 Å². The SMILES string of the molecule is CCCN1C(=O)C(=O)/C(=C(/O)c2ccc3c(c2)CCO3)C1c1ccc(OC)c(OCc2ccccc2)c1. The topological polar surface area (TPSA) is 85.3 Å². The van der Waals surface area contributed by atoms with Crippen molar-refractivity contribution in [1.29, 1.82) is 0 Å². The molecule has 3 aromatic rings. The number of fused-ring (bicyclic) bond motifs is 1. The summed E-state index contributed by atoms with van der Waals surface area (Å²) in [7, 11) is 1.56. The van der Waals surface area contributed by atoms with E-state index >= 15 is 0 Å². The first-order chi connectivity index (χ1) is 18.0. The summed E-state index contributed by atoms with van der Waals surface area (Å²) < 4.78 is 17.2. The Balaban J connectivity index is 1.57. The molecule has 1 N–H and O–H groups in total. The van der Waals surface area contributed by atoms with Gasteiger partial charge in [0.25, 0.3) is 11.7 Å². The average Bonchev–Trinajstić information content (AvgIpc) is 3.50. The maximum absolute atomic E-state index is 13.3. The van der Waals surface area contributed by atoms with Gasteiger partial charge in [-0.05, 0) is 53.4 Å². The van der Waals surface area contributed by atoms with E-state index < -0.39 is 17.7 Å². The molecule has 190 valence electrons. The molecule has 37 heavy (non-hydrogen) atoms. The molecule has 1 atom stereocenters. The summed E-state index contributed by atoms with van der Waals surface area (Å²) in [6.45, 7) is 3.22. The molecule has 2 aliphatic rings. The Morgan fingerprint density at radius 2 is 1.86 bits per heavy atom. The van der Waals surface area contributed by atoms with Crippen LogP contribution in [0.2, 0.25) is 0 Å². The molecule has 7 nitrogen and oxygen atoms in total. The lowest BCUT2D eigenvalue weighted by Gasteiger charge is -2.25. The number of Topliss-reactive ketones (excluding diaryl/α,β-unsaturated/α-hetero) is 1. The highest BCUT2D eigenvalue weighted by atomic mass is 16.5. The first-order valence-electron chi connectivity index (χ1n) is 12.4. The number of ketones is 1. The van der Waals surface area contributed by atoms with Crippen LogP contribution in [0, 0.1) is 0 Å². The van der Waals surface area contributed by atoms with Crippen molar-refractivity contribution in [3.05, 3.63) is 94.6 Å². The van der Waals surface area contributed by atoms with Crippen LogP contribution in [0.1, 0.15) is 41.6 Å². The molecule has 3 aromatic carbocycles. The van der Waals surface area contributed by atoms with Gasteiger partial charge in [-0.3, -0.25) is 9.59 Å². The van der Waals surface area contributed by atoms with Gasteiger partial charge in [0.2, 0.25) is 0 Å². The Hall–Kier alpha value is -4.26. The highest BCUT2D eigenvalue weighted by Crippen LogP contribution is 2.42. The van der Waals surface area contributed by atoms with Crippen LogP contribution in [0.3, 0.4) is 0 Å². The number of likely N-dealkylation sites (tertiary alicyclic amines) is 1. The first-order valence-corrected chi connectivity index (χ1v) is 12.4. The molecule has 0 radical (unpaired) electrons. The number of nitrogens with zero attached hydrogens (tertiary/aromatic N) is 1. The van der Waals surface area contributed by atoms with Crippen LogP contribution in [0.4, 0.5) is 0 Å². The number of hydrogen-bond acceptors (Lipinski definition) is 6. The zero-order valence-electron chi connectivity index (χ0n) is 20.9. The largest absolute Gasteiger partial charge is 0.507 e. The molecule has 0 aliphatic carbocycles. The van der Waals surface area contributed by atoms with Crippen molar-refractivity contribution < 1.29 is 28.9 Å². The van der Waals surface area contributed by atoms with E-state index in [1.807, 2.05) is 43.3 Å². The molecule has 5 rings (SSSR count).